The summed E-state index contributed by atoms with van der Waals surface area (Å²) in [6.45, 7) is 1.49. The lowest BCUT2D eigenvalue weighted by Gasteiger charge is -2.18. The number of thiazole rings is 2. The largest absolute Gasteiger partial charge is 0.497 e. The van der Waals surface area contributed by atoms with Crippen LogP contribution in [0, 0.1) is 11.3 Å². The van der Waals surface area contributed by atoms with Gasteiger partial charge in [-0.1, -0.05) is 12.1 Å². The molecule has 0 aliphatic rings. The Kier molecular flexibility index (Phi) is 5.57. The minimum Gasteiger partial charge on any atom is -0.497 e. The third-order valence-corrected chi connectivity index (χ3v) is 6.20. The summed E-state index contributed by atoms with van der Waals surface area (Å²) >= 11 is 2.80. The number of carbonyl (C=O) groups excluding carboxylic acids is 1. The van der Waals surface area contributed by atoms with Crippen LogP contribution in [0.4, 0.5) is 10.8 Å². The third-order valence-electron chi connectivity index (χ3n) is 4.28. The van der Waals surface area contributed by atoms with Gasteiger partial charge in [0, 0.05) is 12.3 Å². The van der Waals surface area contributed by atoms with Crippen molar-refractivity contribution in [1.29, 1.82) is 5.26 Å². The number of rotatable bonds is 5. The maximum absolute atomic E-state index is 12.3. The van der Waals surface area contributed by atoms with Crippen LogP contribution in [0.2, 0.25) is 0 Å². The van der Waals surface area contributed by atoms with Crippen LogP contribution < -0.4 is 9.64 Å². The number of anilines is 2. The second-order valence-corrected chi connectivity index (χ2v) is 8.13. The summed E-state index contributed by atoms with van der Waals surface area (Å²) < 4.78 is 6.20. The molecule has 0 spiro atoms. The first-order chi connectivity index (χ1) is 14.6. The summed E-state index contributed by atoms with van der Waals surface area (Å²) in [6, 6.07) is 17.2. The minimum atomic E-state index is -0.156. The molecule has 2 aromatic carbocycles. The molecule has 2 aromatic heterocycles. The molecule has 2 heterocycles. The first-order valence-corrected chi connectivity index (χ1v) is 10.7. The van der Waals surface area contributed by atoms with Crippen molar-refractivity contribution in [1.82, 2.24) is 9.97 Å². The Balaban J connectivity index is 1.67. The number of ether oxygens (including phenoxy) is 1. The van der Waals surface area contributed by atoms with Crippen LogP contribution in [0.1, 0.15) is 17.6 Å². The van der Waals surface area contributed by atoms with Crippen molar-refractivity contribution in [3.05, 3.63) is 64.6 Å². The fourth-order valence-corrected chi connectivity index (χ4v) is 4.66. The van der Waals surface area contributed by atoms with Gasteiger partial charge in [-0.2, -0.15) is 5.26 Å². The molecule has 0 unspecified atom stereocenters. The quantitative estimate of drug-likeness (QED) is 0.389. The zero-order valence-electron chi connectivity index (χ0n) is 16.2. The molecule has 4 rings (SSSR count). The fraction of sp³-hybridized carbons (Fsp3) is 0.0909. The molecular weight excluding hydrogens is 416 g/mol. The first-order valence-electron chi connectivity index (χ1n) is 8.97. The average molecular weight is 433 g/mol. The lowest BCUT2D eigenvalue weighted by molar-refractivity contribution is -0.115. The predicted molar refractivity (Wildman–Crippen MR) is 121 cm³/mol. The zero-order valence-corrected chi connectivity index (χ0v) is 17.8. The van der Waals surface area contributed by atoms with Gasteiger partial charge in [-0.05, 0) is 42.5 Å². The van der Waals surface area contributed by atoms with Gasteiger partial charge < -0.3 is 4.74 Å². The van der Waals surface area contributed by atoms with E-state index in [2.05, 4.69) is 16.0 Å². The molecule has 0 bridgehead atoms. The van der Waals surface area contributed by atoms with Crippen molar-refractivity contribution in [3.63, 3.8) is 0 Å². The lowest BCUT2D eigenvalue weighted by atomic mass is 10.2. The summed E-state index contributed by atoms with van der Waals surface area (Å²) in [7, 11) is 1.59. The van der Waals surface area contributed by atoms with E-state index in [0.29, 0.717) is 32.8 Å². The summed E-state index contributed by atoms with van der Waals surface area (Å²) in [6.07, 6.45) is 1.70. The van der Waals surface area contributed by atoms with Gasteiger partial charge in [0.1, 0.15) is 16.8 Å². The highest BCUT2D eigenvalue weighted by atomic mass is 32.1. The summed E-state index contributed by atoms with van der Waals surface area (Å²) in [5, 5.41) is 12.6. The van der Waals surface area contributed by atoms with Crippen molar-refractivity contribution in [2.45, 2.75) is 6.92 Å². The SMILES string of the molecule is COc1ccc(N(C(C)=O)c2nc(C=C(C#N)c3nc4ccccc4s3)cs2)cc1. The van der Waals surface area contributed by atoms with Crippen LogP contribution in [-0.4, -0.2) is 23.0 Å². The Hall–Kier alpha value is -3.54. The van der Waals surface area contributed by atoms with E-state index in [1.807, 2.05) is 29.6 Å². The standard InChI is InChI=1S/C22H16N4O2S2/c1-14(27)26(17-7-9-18(28-2)10-8-17)22-24-16(13-29-22)11-15(12-23)21-25-19-5-3-4-6-20(19)30-21/h3-11,13H,1-2H3. The van der Waals surface area contributed by atoms with Gasteiger partial charge in [0.15, 0.2) is 5.13 Å². The molecule has 0 aliphatic heterocycles. The van der Waals surface area contributed by atoms with Gasteiger partial charge in [0.25, 0.3) is 0 Å². The maximum atomic E-state index is 12.3. The number of fused-ring (bicyclic) bond motifs is 1. The molecule has 0 N–H and O–H groups in total. The van der Waals surface area contributed by atoms with Gasteiger partial charge in [0.2, 0.25) is 5.91 Å². The minimum absolute atomic E-state index is 0.156. The van der Waals surface area contributed by atoms with E-state index in [4.69, 9.17) is 4.74 Å². The van der Waals surface area contributed by atoms with Gasteiger partial charge in [-0.3, -0.25) is 9.69 Å². The molecule has 148 valence electrons. The topological polar surface area (TPSA) is 79.1 Å². The van der Waals surface area contributed by atoms with Crippen molar-refractivity contribution in [3.8, 4) is 11.8 Å². The molecule has 8 heteroatoms. The van der Waals surface area contributed by atoms with E-state index >= 15 is 0 Å². The number of benzene rings is 2. The molecule has 0 saturated carbocycles. The second-order valence-electron chi connectivity index (χ2n) is 6.26. The molecule has 4 aromatic rings. The molecule has 0 atom stereocenters. The number of aromatic nitrogens is 2. The predicted octanol–water partition coefficient (Wildman–Crippen LogP) is 5.51. The molecule has 0 fully saturated rings. The normalized spacial score (nSPS) is 11.3. The van der Waals surface area contributed by atoms with Crippen molar-refractivity contribution < 1.29 is 9.53 Å². The fourth-order valence-electron chi connectivity index (χ4n) is 2.88. The smallest absolute Gasteiger partial charge is 0.230 e. The highest BCUT2D eigenvalue weighted by Crippen LogP contribution is 2.32. The number of hydrogen-bond acceptors (Lipinski definition) is 7. The Morgan fingerprint density at radius 2 is 1.93 bits per heavy atom. The van der Waals surface area contributed by atoms with Crippen LogP contribution in [0.15, 0.2) is 53.9 Å². The molecule has 30 heavy (non-hydrogen) atoms. The second kappa shape index (κ2) is 8.45. The Labute approximate surface area is 181 Å². The highest BCUT2D eigenvalue weighted by Gasteiger charge is 2.18. The van der Waals surface area contributed by atoms with E-state index in [9.17, 15) is 10.1 Å². The van der Waals surface area contributed by atoms with Crippen LogP contribution >= 0.6 is 22.7 Å². The zero-order chi connectivity index (χ0) is 21.1. The third kappa shape index (κ3) is 3.94. The van der Waals surface area contributed by atoms with E-state index in [1.165, 1.54) is 34.5 Å². The number of nitriles is 1. The van der Waals surface area contributed by atoms with E-state index in [0.717, 1.165) is 10.2 Å². The van der Waals surface area contributed by atoms with E-state index in [-0.39, 0.29) is 5.91 Å². The highest BCUT2D eigenvalue weighted by molar-refractivity contribution is 7.19. The number of methoxy groups -OCH3 is 1. The summed E-state index contributed by atoms with van der Waals surface area (Å²) in [5.41, 5.74) is 2.59. The number of carbonyl (C=O) groups is 1. The monoisotopic (exact) mass is 432 g/mol. The molecule has 1 amide bonds. The van der Waals surface area contributed by atoms with Crippen molar-refractivity contribution in [2.75, 3.05) is 12.0 Å². The summed E-state index contributed by atoms with van der Waals surface area (Å²) in [5.74, 6) is 0.552. The van der Waals surface area contributed by atoms with Gasteiger partial charge in [0.05, 0.1) is 34.3 Å². The van der Waals surface area contributed by atoms with Crippen molar-refractivity contribution >= 4 is 61.3 Å². The molecule has 0 saturated heterocycles. The van der Waals surface area contributed by atoms with Crippen LogP contribution in [0.5, 0.6) is 5.75 Å². The van der Waals surface area contributed by atoms with Gasteiger partial charge >= 0.3 is 0 Å². The van der Waals surface area contributed by atoms with E-state index < -0.39 is 0 Å². The van der Waals surface area contributed by atoms with Crippen LogP contribution in [-0.2, 0) is 4.79 Å². The van der Waals surface area contributed by atoms with Gasteiger partial charge in [-0.25, -0.2) is 9.97 Å². The molecule has 0 radical (unpaired) electrons. The average Bonchev–Trinajstić information content (AvgIpc) is 3.39. The molecule has 0 aliphatic carbocycles. The maximum Gasteiger partial charge on any atom is 0.230 e. The number of hydrogen-bond donors (Lipinski definition) is 0. The molecular formula is C22H16N4O2S2. The Morgan fingerprint density at radius 3 is 2.60 bits per heavy atom. The van der Waals surface area contributed by atoms with Crippen LogP contribution in [0.3, 0.4) is 0 Å². The van der Waals surface area contributed by atoms with Crippen LogP contribution in [0.25, 0.3) is 21.9 Å². The number of allylic oxidation sites excluding steroid dienone is 1. The van der Waals surface area contributed by atoms with Crippen molar-refractivity contribution in [2.24, 2.45) is 0 Å². The van der Waals surface area contributed by atoms with E-state index in [1.54, 1.807) is 37.5 Å². The lowest BCUT2D eigenvalue weighted by Crippen LogP contribution is -2.22. The number of para-hydroxylation sites is 1. The Bertz CT molecular complexity index is 1250. The number of nitrogens with zero attached hydrogens (tertiary/aromatic N) is 4. The summed E-state index contributed by atoms with van der Waals surface area (Å²) in [4.78, 5) is 22.9. The first kappa shape index (κ1) is 19.8. The molecule has 6 nitrogen and oxygen atoms in total. The number of amides is 1. The Morgan fingerprint density at radius 1 is 1.17 bits per heavy atom. The van der Waals surface area contributed by atoms with Gasteiger partial charge in [-0.15, -0.1) is 22.7 Å².